The Bertz CT molecular complexity index is 578. The van der Waals surface area contributed by atoms with Crippen LogP contribution in [0, 0.1) is 16.0 Å². The molecule has 1 atom stereocenters. The lowest BCUT2D eigenvalue weighted by molar-refractivity contribution is -0.384. The van der Waals surface area contributed by atoms with Gasteiger partial charge in [-0.1, -0.05) is 13.8 Å². The molecule has 0 heterocycles. The van der Waals surface area contributed by atoms with Gasteiger partial charge < -0.3 is 10.1 Å². The average Bonchev–Trinajstić information content (AvgIpc) is 2.49. The van der Waals surface area contributed by atoms with Crippen LogP contribution in [0.15, 0.2) is 30.3 Å². The van der Waals surface area contributed by atoms with Crippen LogP contribution in [0.25, 0.3) is 6.08 Å². The first-order valence-corrected chi connectivity index (χ1v) is 6.66. The molecule has 1 aromatic rings. The summed E-state index contributed by atoms with van der Waals surface area (Å²) in [6.45, 7) is 3.59. The van der Waals surface area contributed by atoms with Gasteiger partial charge in [-0.2, -0.15) is 0 Å². The van der Waals surface area contributed by atoms with E-state index in [4.69, 9.17) is 0 Å². The minimum atomic E-state index is -0.723. The van der Waals surface area contributed by atoms with Gasteiger partial charge in [0, 0.05) is 18.2 Å². The lowest BCUT2D eigenvalue weighted by atomic mass is 10.0. The van der Waals surface area contributed by atoms with Crippen LogP contribution >= 0.6 is 0 Å². The fourth-order valence-corrected chi connectivity index (χ4v) is 1.71. The molecule has 0 aliphatic carbocycles. The van der Waals surface area contributed by atoms with Gasteiger partial charge in [0.15, 0.2) is 0 Å². The van der Waals surface area contributed by atoms with E-state index in [0.29, 0.717) is 5.56 Å². The monoisotopic (exact) mass is 306 g/mol. The first-order valence-electron chi connectivity index (χ1n) is 6.66. The number of ether oxygens (including phenoxy) is 1. The zero-order chi connectivity index (χ0) is 16.7. The molecular weight excluding hydrogens is 288 g/mol. The van der Waals surface area contributed by atoms with Crippen molar-refractivity contribution in [3.63, 3.8) is 0 Å². The van der Waals surface area contributed by atoms with Crippen molar-refractivity contribution in [1.82, 2.24) is 5.32 Å². The van der Waals surface area contributed by atoms with Crippen molar-refractivity contribution in [3.8, 4) is 0 Å². The van der Waals surface area contributed by atoms with Gasteiger partial charge in [0.2, 0.25) is 5.91 Å². The molecule has 0 unspecified atom stereocenters. The molecule has 22 heavy (non-hydrogen) atoms. The molecule has 0 fully saturated rings. The Balaban J connectivity index is 2.70. The highest BCUT2D eigenvalue weighted by molar-refractivity contribution is 5.94. The highest BCUT2D eigenvalue weighted by Gasteiger charge is 2.23. The molecule has 1 amide bonds. The van der Waals surface area contributed by atoms with Crippen molar-refractivity contribution in [2.75, 3.05) is 7.11 Å². The number of non-ortho nitro benzene ring substituents is 1. The Morgan fingerprint density at radius 1 is 1.27 bits per heavy atom. The Hall–Kier alpha value is -2.70. The van der Waals surface area contributed by atoms with Gasteiger partial charge in [0.1, 0.15) is 6.04 Å². The van der Waals surface area contributed by atoms with Crippen molar-refractivity contribution in [1.29, 1.82) is 0 Å². The molecular formula is C15H18N2O5. The molecule has 0 saturated carbocycles. The second-order valence-corrected chi connectivity index (χ2v) is 4.94. The molecule has 1 aromatic carbocycles. The lowest BCUT2D eigenvalue weighted by Gasteiger charge is -2.18. The van der Waals surface area contributed by atoms with Gasteiger partial charge in [0.25, 0.3) is 5.69 Å². The number of nitrogens with zero attached hydrogens (tertiary/aromatic N) is 1. The molecule has 0 aromatic heterocycles. The summed E-state index contributed by atoms with van der Waals surface area (Å²) in [6, 6.07) is 5.04. The summed E-state index contributed by atoms with van der Waals surface area (Å²) in [4.78, 5) is 33.4. The summed E-state index contributed by atoms with van der Waals surface area (Å²) >= 11 is 0. The van der Waals surface area contributed by atoms with Crippen molar-refractivity contribution in [2.45, 2.75) is 19.9 Å². The zero-order valence-electron chi connectivity index (χ0n) is 12.6. The highest BCUT2D eigenvalue weighted by Crippen LogP contribution is 2.12. The van der Waals surface area contributed by atoms with Gasteiger partial charge in [0.05, 0.1) is 12.0 Å². The fourth-order valence-electron chi connectivity index (χ4n) is 1.71. The quantitative estimate of drug-likeness (QED) is 0.375. The molecule has 0 aliphatic heterocycles. The van der Waals surface area contributed by atoms with Crippen molar-refractivity contribution >= 4 is 23.6 Å². The molecule has 118 valence electrons. The number of nitrogens with one attached hydrogen (secondary N) is 1. The second-order valence-electron chi connectivity index (χ2n) is 4.94. The maximum atomic E-state index is 11.8. The number of nitro benzene ring substituents is 1. The maximum absolute atomic E-state index is 11.8. The summed E-state index contributed by atoms with van der Waals surface area (Å²) in [5.41, 5.74) is 0.618. The first kappa shape index (κ1) is 17.4. The predicted molar refractivity (Wildman–Crippen MR) is 80.9 cm³/mol. The topological polar surface area (TPSA) is 98.5 Å². The number of rotatable bonds is 6. The molecule has 7 nitrogen and oxygen atoms in total. The minimum absolute atomic E-state index is 0.0211. The van der Waals surface area contributed by atoms with Crippen molar-refractivity contribution in [3.05, 3.63) is 46.0 Å². The van der Waals surface area contributed by atoms with Gasteiger partial charge in [-0.3, -0.25) is 14.9 Å². The molecule has 0 bridgehead atoms. The maximum Gasteiger partial charge on any atom is 0.328 e. The summed E-state index contributed by atoms with van der Waals surface area (Å²) in [5.74, 6) is -1.06. The fraction of sp³-hybridized carbons (Fsp3) is 0.333. The first-order chi connectivity index (χ1) is 10.3. The number of carbonyl (C=O) groups is 2. The second kappa shape index (κ2) is 7.92. The minimum Gasteiger partial charge on any atom is -0.467 e. The average molecular weight is 306 g/mol. The van der Waals surface area contributed by atoms with Crippen molar-refractivity contribution < 1.29 is 19.2 Å². The van der Waals surface area contributed by atoms with Gasteiger partial charge in [-0.25, -0.2) is 4.79 Å². The zero-order valence-corrected chi connectivity index (χ0v) is 12.6. The van der Waals surface area contributed by atoms with E-state index < -0.39 is 22.8 Å². The summed E-state index contributed by atoms with van der Waals surface area (Å²) in [5, 5.41) is 13.1. The van der Waals surface area contributed by atoms with E-state index in [1.807, 2.05) is 0 Å². The van der Waals surface area contributed by atoms with Crippen LogP contribution in [0.2, 0.25) is 0 Å². The smallest absolute Gasteiger partial charge is 0.328 e. The number of benzene rings is 1. The van der Waals surface area contributed by atoms with Crippen LogP contribution in [-0.2, 0) is 14.3 Å². The number of nitro groups is 1. The standard InChI is InChI=1S/C15H18N2O5/c1-10(2)14(15(19)22-3)16-13(18)9-6-11-4-7-12(8-5-11)17(20)21/h4-10,14H,1-3H3,(H,16,18)/t14-/m0/s1. The Morgan fingerprint density at radius 3 is 2.32 bits per heavy atom. The SMILES string of the molecule is COC(=O)[C@@H](NC(=O)C=Cc1ccc([N+](=O)[O-])cc1)C(C)C. The molecule has 0 radical (unpaired) electrons. The number of hydrogen-bond acceptors (Lipinski definition) is 5. The summed E-state index contributed by atoms with van der Waals surface area (Å²) < 4.78 is 4.63. The van der Waals surface area contributed by atoms with E-state index in [0.717, 1.165) is 0 Å². The van der Waals surface area contributed by atoms with Crippen LogP contribution < -0.4 is 5.32 Å². The number of amides is 1. The summed E-state index contributed by atoms with van der Waals surface area (Å²) in [6.07, 6.45) is 2.77. The van der Waals surface area contributed by atoms with Gasteiger partial charge in [-0.15, -0.1) is 0 Å². The van der Waals surface area contributed by atoms with Crippen LogP contribution in [-0.4, -0.2) is 30.0 Å². The Labute approximate surface area is 128 Å². The molecule has 1 rings (SSSR count). The number of esters is 1. The van der Waals surface area contributed by atoms with E-state index in [-0.39, 0.29) is 11.6 Å². The third-order valence-corrected chi connectivity index (χ3v) is 2.95. The Morgan fingerprint density at radius 2 is 1.86 bits per heavy atom. The van der Waals surface area contributed by atoms with E-state index in [1.54, 1.807) is 13.8 Å². The summed E-state index contributed by atoms with van der Waals surface area (Å²) in [7, 11) is 1.26. The van der Waals surface area contributed by atoms with Crippen LogP contribution in [0.1, 0.15) is 19.4 Å². The largest absolute Gasteiger partial charge is 0.467 e. The normalized spacial score (nSPS) is 12.2. The highest BCUT2D eigenvalue weighted by atomic mass is 16.6. The van der Waals surface area contributed by atoms with Gasteiger partial charge in [-0.05, 0) is 29.7 Å². The molecule has 0 aliphatic rings. The molecule has 1 N–H and O–H groups in total. The van der Waals surface area contributed by atoms with Crippen LogP contribution in [0.3, 0.4) is 0 Å². The predicted octanol–water partition coefficient (Wildman–Crippen LogP) is 1.92. The third kappa shape index (κ3) is 5.01. The number of hydrogen-bond donors (Lipinski definition) is 1. The van der Waals surface area contributed by atoms with Crippen LogP contribution in [0.5, 0.6) is 0 Å². The van der Waals surface area contributed by atoms with Gasteiger partial charge >= 0.3 is 5.97 Å². The molecule has 0 saturated heterocycles. The molecule has 7 heteroatoms. The van der Waals surface area contributed by atoms with E-state index >= 15 is 0 Å². The van der Waals surface area contributed by atoms with Crippen LogP contribution in [0.4, 0.5) is 5.69 Å². The van der Waals surface area contributed by atoms with E-state index in [2.05, 4.69) is 10.1 Å². The third-order valence-electron chi connectivity index (χ3n) is 2.95. The molecule has 0 spiro atoms. The number of carbonyl (C=O) groups excluding carboxylic acids is 2. The van der Waals surface area contributed by atoms with E-state index in [9.17, 15) is 19.7 Å². The number of methoxy groups -OCH3 is 1. The lowest BCUT2D eigenvalue weighted by Crippen LogP contribution is -2.44. The van der Waals surface area contributed by atoms with E-state index in [1.165, 1.54) is 43.5 Å². The Kier molecular flexibility index (Phi) is 6.25. The van der Waals surface area contributed by atoms with Crippen molar-refractivity contribution in [2.24, 2.45) is 5.92 Å².